The lowest BCUT2D eigenvalue weighted by molar-refractivity contribution is 0.954. The molecule has 0 aliphatic heterocycles. The Morgan fingerprint density at radius 1 is 1.45 bits per heavy atom. The Kier molecular flexibility index (Phi) is 1.19. The first-order valence-corrected chi connectivity index (χ1v) is 3.03. The Hall–Kier alpha value is -1.69. The number of pyridine rings is 1. The molecule has 0 atom stereocenters. The zero-order valence-electron chi connectivity index (χ0n) is 5.57. The third-order valence-corrected chi connectivity index (χ3v) is 1.34. The fourth-order valence-electron chi connectivity index (χ4n) is 0.820. The number of aromatic nitrogens is 4. The van der Waals surface area contributed by atoms with Crippen molar-refractivity contribution < 1.29 is 0 Å². The highest BCUT2D eigenvalue weighted by atomic mass is 15.3. The maximum Gasteiger partial charge on any atom is 0.201 e. The molecule has 0 radical (unpaired) electrons. The Morgan fingerprint density at radius 2 is 2.36 bits per heavy atom. The maximum atomic E-state index is 5.16. The van der Waals surface area contributed by atoms with Crippen LogP contribution in [0.3, 0.4) is 0 Å². The molecule has 6 nitrogen and oxygen atoms in total. The van der Waals surface area contributed by atoms with E-state index >= 15 is 0 Å². The predicted molar refractivity (Wildman–Crippen MR) is 39.5 cm³/mol. The first-order valence-electron chi connectivity index (χ1n) is 3.03. The number of fused-ring (bicyclic) bond motifs is 1. The Morgan fingerprint density at radius 3 is 3.18 bits per heavy atom. The fourth-order valence-corrected chi connectivity index (χ4v) is 0.820. The van der Waals surface area contributed by atoms with Crippen molar-refractivity contribution >= 4 is 16.9 Å². The maximum absolute atomic E-state index is 5.16. The van der Waals surface area contributed by atoms with Gasteiger partial charge in [-0.3, -0.25) is 5.84 Å². The van der Waals surface area contributed by atoms with Gasteiger partial charge >= 0.3 is 0 Å². The lowest BCUT2D eigenvalue weighted by atomic mass is 10.4. The van der Waals surface area contributed by atoms with Crippen LogP contribution < -0.4 is 11.3 Å². The van der Waals surface area contributed by atoms with Crippen molar-refractivity contribution in [1.82, 2.24) is 20.4 Å². The van der Waals surface area contributed by atoms with Crippen molar-refractivity contribution in [1.29, 1.82) is 0 Å². The summed E-state index contributed by atoms with van der Waals surface area (Å²) in [6.45, 7) is 0. The lowest BCUT2D eigenvalue weighted by Crippen LogP contribution is -2.06. The summed E-state index contributed by atoms with van der Waals surface area (Å²) >= 11 is 0. The van der Waals surface area contributed by atoms with Gasteiger partial charge in [0.1, 0.15) is 5.52 Å². The molecule has 0 saturated heterocycles. The van der Waals surface area contributed by atoms with E-state index in [1.54, 1.807) is 12.3 Å². The van der Waals surface area contributed by atoms with E-state index in [4.69, 9.17) is 5.84 Å². The number of nitrogens with one attached hydrogen (secondary N) is 2. The van der Waals surface area contributed by atoms with E-state index in [0.29, 0.717) is 16.9 Å². The second kappa shape index (κ2) is 2.17. The highest BCUT2D eigenvalue weighted by Crippen LogP contribution is 2.09. The summed E-state index contributed by atoms with van der Waals surface area (Å²) < 4.78 is 0. The third-order valence-electron chi connectivity index (χ3n) is 1.34. The van der Waals surface area contributed by atoms with E-state index in [2.05, 4.69) is 25.8 Å². The molecule has 4 N–H and O–H groups in total. The van der Waals surface area contributed by atoms with Crippen LogP contribution in [0, 0.1) is 0 Å². The van der Waals surface area contributed by atoms with Gasteiger partial charge in [0.15, 0.2) is 0 Å². The molecule has 0 aliphatic rings. The number of nitrogen functional groups attached to an aromatic ring is 1. The van der Waals surface area contributed by atoms with Crippen molar-refractivity contribution in [2.75, 3.05) is 5.43 Å². The average Bonchev–Trinajstić information content (AvgIpc) is 2.50. The van der Waals surface area contributed by atoms with Crippen molar-refractivity contribution in [2.24, 2.45) is 5.84 Å². The summed E-state index contributed by atoms with van der Waals surface area (Å²) in [4.78, 5) is 3.96. The largest absolute Gasteiger partial charge is 0.323 e. The second-order valence-corrected chi connectivity index (χ2v) is 2.03. The molecule has 2 aromatic rings. The molecule has 6 heteroatoms. The number of aromatic amines is 1. The molecule has 56 valence electrons. The monoisotopic (exact) mass is 150 g/mol. The fraction of sp³-hybridized carbons (Fsp3) is 0. The van der Waals surface area contributed by atoms with Gasteiger partial charge in [-0.2, -0.15) is 10.3 Å². The quantitative estimate of drug-likeness (QED) is 0.381. The first-order chi connectivity index (χ1) is 5.40. The van der Waals surface area contributed by atoms with Gasteiger partial charge in [0.05, 0.1) is 11.9 Å². The molecule has 11 heavy (non-hydrogen) atoms. The minimum absolute atomic E-state index is 0.587. The van der Waals surface area contributed by atoms with Crippen molar-refractivity contribution in [3.63, 3.8) is 0 Å². The van der Waals surface area contributed by atoms with Crippen LogP contribution in [-0.2, 0) is 0 Å². The summed E-state index contributed by atoms with van der Waals surface area (Å²) in [5.74, 6) is 5.16. The summed E-state index contributed by atoms with van der Waals surface area (Å²) in [6, 6.07) is 1.76. The topological polar surface area (TPSA) is 92.5 Å². The number of hydrogen-bond donors (Lipinski definition) is 3. The Labute approximate surface area is 61.8 Å². The van der Waals surface area contributed by atoms with Gasteiger partial charge in [-0.25, -0.2) is 4.98 Å². The zero-order chi connectivity index (χ0) is 7.68. The Balaban J connectivity index is 2.67. The summed E-state index contributed by atoms with van der Waals surface area (Å²) in [5.41, 5.74) is 4.46. The molecule has 0 aliphatic carbocycles. The molecule has 2 aromatic heterocycles. The van der Waals surface area contributed by atoms with Crippen LogP contribution in [-0.4, -0.2) is 20.4 Å². The van der Waals surface area contributed by atoms with Gasteiger partial charge < -0.3 is 5.43 Å². The number of rotatable bonds is 1. The van der Waals surface area contributed by atoms with Gasteiger partial charge in [-0.05, 0) is 6.07 Å². The number of H-pyrrole nitrogens is 1. The molecule has 0 bridgehead atoms. The van der Waals surface area contributed by atoms with Crippen LogP contribution in [0.2, 0.25) is 0 Å². The van der Waals surface area contributed by atoms with Gasteiger partial charge in [-0.1, -0.05) is 0 Å². The van der Waals surface area contributed by atoms with Crippen molar-refractivity contribution in [2.45, 2.75) is 0 Å². The van der Waals surface area contributed by atoms with Crippen LogP contribution in [0.4, 0.5) is 5.69 Å². The van der Waals surface area contributed by atoms with E-state index in [1.807, 2.05) is 0 Å². The highest BCUT2D eigenvalue weighted by Gasteiger charge is 1.98. The predicted octanol–water partition coefficient (Wildman–Crippen LogP) is -0.362. The normalized spacial score (nSPS) is 10.3. The number of hydrazine groups is 1. The molecular formula is C5H6N6. The van der Waals surface area contributed by atoms with Gasteiger partial charge in [0, 0.05) is 0 Å². The second-order valence-electron chi connectivity index (χ2n) is 2.03. The van der Waals surface area contributed by atoms with Gasteiger partial charge in [-0.15, -0.1) is 5.10 Å². The molecule has 0 saturated carbocycles. The zero-order valence-corrected chi connectivity index (χ0v) is 5.57. The Bertz CT molecular complexity index is 366. The number of anilines is 1. The molecule has 2 heterocycles. The van der Waals surface area contributed by atoms with Crippen LogP contribution >= 0.6 is 0 Å². The van der Waals surface area contributed by atoms with E-state index in [1.165, 1.54) is 0 Å². The summed E-state index contributed by atoms with van der Waals surface area (Å²) in [7, 11) is 0. The molecule has 0 unspecified atom stereocenters. The number of nitrogens with two attached hydrogens (primary N) is 1. The SMILES string of the molecule is NNc1cnc2n[nH]nc2c1. The standard InChI is InChI=1S/C5H6N6/c6-8-3-1-4-5(7-2-3)10-11-9-4/h1-2,8H,6H2,(H,7,9,10,11). The van der Waals surface area contributed by atoms with E-state index in [0.717, 1.165) is 0 Å². The van der Waals surface area contributed by atoms with E-state index < -0.39 is 0 Å². The molecule has 0 spiro atoms. The molecule has 0 fully saturated rings. The molecular weight excluding hydrogens is 144 g/mol. The third kappa shape index (κ3) is 0.887. The highest BCUT2D eigenvalue weighted by molar-refractivity contribution is 5.72. The van der Waals surface area contributed by atoms with E-state index in [9.17, 15) is 0 Å². The van der Waals surface area contributed by atoms with Crippen LogP contribution in [0.15, 0.2) is 12.3 Å². The summed E-state index contributed by atoms with van der Waals surface area (Å²) in [5, 5.41) is 10.1. The molecule has 2 rings (SSSR count). The van der Waals surface area contributed by atoms with E-state index in [-0.39, 0.29) is 0 Å². The molecule has 0 amide bonds. The average molecular weight is 150 g/mol. The summed E-state index contributed by atoms with van der Waals surface area (Å²) in [6.07, 6.45) is 1.59. The van der Waals surface area contributed by atoms with Gasteiger partial charge in [0.2, 0.25) is 5.65 Å². The van der Waals surface area contributed by atoms with Gasteiger partial charge in [0.25, 0.3) is 0 Å². The van der Waals surface area contributed by atoms with Crippen molar-refractivity contribution in [3.05, 3.63) is 12.3 Å². The smallest absolute Gasteiger partial charge is 0.201 e. The van der Waals surface area contributed by atoms with Crippen LogP contribution in [0.5, 0.6) is 0 Å². The minimum atomic E-state index is 0.587. The van der Waals surface area contributed by atoms with Crippen LogP contribution in [0.1, 0.15) is 0 Å². The first kappa shape index (κ1) is 6.05. The number of nitrogens with zero attached hydrogens (tertiary/aromatic N) is 3. The lowest BCUT2D eigenvalue weighted by Gasteiger charge is -1.94. The van der Waals surface area contributed by atoms with Crippen LogP contribution in [0.25, 0.3) is 11.2 Å². The number of hydrogen-bond acceptors (Lipinski definition) is 5. The molecule has 0 aromatic carbocycles. The minimum Gasteiger partial charge on any atom is -0.323 e. The van der Waals surface area contributed by atoms with Crippen molar-refractivity contribution in [3.8, 4) is 0 Å².